The summed E-state index contributed by atoms with van der Waals surface area (Å²) in [5, 5.41) is 8.24. The Morgan fingerprint density at radius 3 is 2.03 bits per heavy atom. The summed E-state index contributed by atoms with van der Waals surface area (Å²) >= 11 is 0. The highest BCUT2D eigenvalue weighted by molar-refractivity contribution is 6.10. The van der Waals surface area contributed by atoms with Crippen LogP contribution in [-0.2, 0) is 0 Å². The molecule has 2 heteroatoms. The molecule has 142 valence electrons. The second-order valence-electron chi connectivity index (χ2n) is 7.58. The van der Waals surface area contributed by atoms with Gasteiger partial charge >= 0.3 is 0 Å². The lowest BCUT2D eigenvalue weighted by Gasteiger charge is -2.09. The van der Waals surface area contributed by atoms with E-state index < -0.39 is 0 Å². The van der Waals surface area contributed by atoms with E-state index in [-0.39, 0.29) is 0 Å². The lowest BCUT2D eigenvalue weighted by molar-refractivity contribution is 0.669. The van der Waals surface area contributed by atoms with E-state index in [2.05, 4.69) is 108 Å². The van der Waals surface area contributed by atoms with Crippen molar-refractivity contribution in [3.05, 3.63) is 109 Å². The summed E-state index contributed by atoms with van der Waals surface area (Å²) in [6.07, 6.45) is 0. The summed E-state index contributed by atoms with van der Waals surface area (Å²) in [4.78, 5) is 0. The average molecular weight is 385 g/mol. The molecule has 0 spiro atoms. The average Bonchev–Trinajstić information content (AvgIpc) is 3.15. The minimum absolute atomic E-state index is 0.893. The van der Waals surface area contributed by atoms with Crippen LogP contribution in [0, 0.1) is 0 Å². The molecule has 2 nitrogen and oxygen atoms in total. The second-order valence-corrected chi connectivity index (χ2v) is 7.58. The van der Waals surface area contributed by atoms with E-state index in [1.807, 2.05) is 6.07 Å². The number of anilines is 2. The van der Waals surface area contributed by atoms with Crippen molar-refractivity contribution in [3.63, 3.8) is 0 Å². The SMILES string of the molecule is c1ccc(-c2cccc(Nc3ccc4c(c3)oc3cc5ccccc5cc34)c2)cc1. The fourth-order valence-corrected chi connectivity index (χ4v) is 4.11. The number of benzene rings is 5. The molecule has 0 aliphatic heterocycles. The highest BCUT2D eigenvalue weighted by Crippen LogP contribution is 2.34. The molecule has 1 aromatic heterocycles. The Balaban J connectivity index is 1.39. The van der Waals surface area contributed by atoms with Crippen LogP contribution in [-0.4, -0.2) is 0 Å². The minimum atomic E-state index is 0.893. The maximum atomic E-state index is 6.19. The summed E-state index contributed by atoms with van der Waals surface area (Å²) in [7, 11) is 0. The summed E-state index contributed by atoms with van der Waals surface area (Å²) < 4.78 is 6.19. The quantitative estimate of drug-likeness (QED) is 0.332. The van der Waals surface area contributed by atoms with Crippen LogP contribution in [0.25, 0.3) is 43.8 Å². The van der Waals surface area contributed by atoms with Gasteiger partial charge in [-0.05, 0) is 58.3 Å². The van der Waals surface area contributed by atoms with Crippen LogP contribution in [0.2, 0.25) is 0 Å². The predicted octanol–water partition coefficient (Wildman–Crippen LogP) is 8.15. The maximum Gasteiger partial charge on any atom is 0.137 e. The fraction of sp³-hybridized carbons (Fsp3) is 0. The molecule has 0 aliphatic rings. The highest BCUT2D eigenvalue weighted by Gasteiger charge is 2.09. The second kappa shape index (κ2) is 6.78. The van der Waals surface area contributed by atoms with Gasteiger partial charge in [0, 0.05) is 28.2 Å². The van der Waals surface area contributed by atoms with E-state index in [0.29, 0.717) is 0 Å². The van der Waals surface area contributed by atoms with Crippen LogP contribution >= 0.6 is 0 Å². The van der Waals surface area contributed by atoms with Crippen molar-refractivity contribution in [1.29, 1.82) is 0 Å². The van der Waals surface area contributed by atoms with Crippen LogP contribution in [0.3, 0.4) is 0 Å². The van der Waals surface area contributed by atoms with Crippen LogP contribution < -0.4 is 5.32 Å². The molecule has 0 amide bonds. The van der Waals surface area contributed by atoms with Gasteiger partial charge in [0.05, 0.1) is 0 Å². The maximum absolute atomic E-state index is 6.19. The molecule has 0 bridgehead atoms. The number of fused-ring (bicyclic) bond motifs is 4. The van der Waals surface area contributed by atoms with E-state index in [4.69, 9.17) is 4.42 Å². The largest absolute Gasteiger partial charge is 0.456 e. The molecule has 0 radical (unpaired) electrons. The molecule has 0 fully saturated rings. The number of hydrogen-bond acceptors (Lipinski definition) is 2. The molecule has 0 saturated carbocycles. The van der Waals surface area contributed by atoms with Gasteiger partial charge in [0.2, 0.25) is 0 Å². The molecule has 6 aromatic rings. The Labute approximate surface area is 174 Å². The van der Waals surface area contributed by atoms with Crippen LogP contribution in [0.5, 0.6) is 0 Å². The van der Waals surface area contributed by atoms with Crippen molar-refractivity contribution in [2.75, 3.05) is 5.32 Å². The molecule has 5 aromatic carbocycles. The topological polar surface area (TPSA) is 25.2 Å². The Morgan fingerprint density at radius 1 is 0.467 bits per heavy atom. The van der Waals surface area contributed by atoms with E-state index in [9.17, 15) is 0 Å². The first kappa shape index (κ1) is 16.9. The number of furan rings is 1. The van der Waals surface area contributed by atoms with Crippen molar-refractivity contribution >= 4 is 44.1 Å². The van der Waals surface area contributed by atoms with Crippen molar-refractivity contribution in [2.24, 2.45) is 0 Å². The summed E-state index contributed by atoms with van der Waals surface area (Å²) in [5.74, 6) is 0. The molecule has 1 heterocycles. The first-order chi connectivity index (χ1) is 14.8. The summed E-state index contributed by atoms with van der Waals surface area (Å²) in [5.41, 5.74) is 6.28. The Bertz CT molecular complexity index is 1510. The summed E-state index contributed by atoms with van der Waals surface area (Å²) in [6, 6.07) is 38.0. The minimum Gasteiger partial charge on any atom is -0.456 e. The van der Waals surface area contributed by atoms with Gasteiger partial charge in [0.25, 0.3) is 0 Å². The predicted molar refractivity (Wildman–Crippen MR) is 126 cm³/mol. The smallest absolute Gasteiger partial charge is 0.137 e. The lowest BCUT2D eigenvalue weighted by Crippen LogP contribution is -1.90. The Hall–Kier alpha value is -4.04. The molecule has 30 heavy (non-hydrogen) atoms. The van der Waals surface area contributed by atoms with E-state index in [1.54, 1.807) is 0 Å². The van der Waals surface area contributed by atoms with Gasteiger partial charge in [-0.15, -0.1) is 0 Å². The number of rotatable bonds is 3. The zero-order valence-electron chi connectivity index (χ0n) is 16.3. The van der Waals surface area contributed by atoms with Crippen molar-refractivity contribution in [3.8, 4) is 11.1 Å². The van der Waals surface area contributed by atoms with Gasteiger partial charge in [0.1, 0.15) is 11.2 Å². The third-order valence-corrected chi connectivity index (χ3v) is 5.60. The van der Waals surface area contributed by atoms with Crippen LogP contribution in [0.1, 0.15) is 0 Å². The van der Waals surface area contributed by atoms with E-state index in [1.165, 1.54) is 21.9 Å². The molecular weight excluding hydrogens is 366 g/mol. The molecular formula is C28H19NO. The number of nitrogens with one attached hydrogen (secondary N) is 1. The van der Waals surface area contributed by atoms with Gasteiger partial charge in [-0.1, -0.05) is 66.7 Å². The first-order valence-corrected chi connectivity index (χ1v) is 10.1. The molecule has 0 unspecified atom stereocenters. The van der Waals surface area contributed by atoms with Crippen LogP contribution in [0.15, 0.2) is 114 Å². The normalized spacial score (nSPS) is 11.3. The van der Waals surface area contributed by atoms with Gasteiger partial charge in [-0.2, -0.15) is 0 Å². The van der Waals surface area contributed by atoms with E-state index >= 15 is 0 Å². The standard InChI is InChI=1S/C28H19NO/c1-2-7-19(8-3-1)20-11-6-12-23(15-20)29-24-13-14-25-26-16-21-9-4-5-10-22(21)17-27(26)30-28(25)18-24/h1-18,29H. The molecule has 1 N–H and O–H groups in total. The van der Waals surface area contributed by atoms with Gasteiger partial charge in [0.15, 0.2) is 0 Å². The lowest BCUT2D eigenvalue weighted by atomic mass is 10.0. The first-order valence-electron chi connectivity index (χ1n) is 10.1. The molecule has 6 rings (SSSR count). The van der Waals surface area contributed by atoms with Crippen molar-refractivity contribution < 1.29 is 4.42 Å². The number of hydrogen-bond donors (Lipinski definition) is 1. The Kier molecular flexibility index (Phi) is 3.82. The zero-order chi connectivity index (χ0) is 19.9. The fourth-order valence-electron chi connectivity index (χ4n) is 4.11. The third kappa shape index (κ3) is 2.90. The summed E-state index contributed by atoms with van der Waals surface area (Å²) in [6.45, 7) is 0. The van der Waals surface area contributed by atoms with Crippen LogP contribution in [0.4, 0.5) is 11.4 Å². The Morgan fingerprint density at radius 2 is 1.17 bits per heavy atom. The molecule has 0 aliphatic carbocycles. The zero-order valence-corrected chi connectivity index (χ0v) is 16.3. The monoisotopic (exact) mass is 385 g/mol. The van der Waals surface area contributed by atoms with Gasteiger partial charge in [-0.3, -0.25) is 0 Å². The van der Waals surface area contributed by atoms with E-state index in [0.717, 1.165) is 33.3 Å². The molecule has 0 saturated heterocycles. The van der Waals surface area contributed by atoms with Gasteiger partial charge < -0.3 is 9.73 Å². The van der Waals surface area contributed by atoms with Gasteiger partial charge in [-0.25, -0.2) is 0 Å². The molecule has 0 atom stereocenters. The highest BCUT2D eigenvalue weighted by atomic mass is 16.3. The third-order valence-electron chi connectivity index (χ3n) is 5.60. The van der Waals surface area contributed by atoms with Crippen molar-refractivity contribution in [1.82, 2.24) is 0 Å². The van der Waals surface area contributed by atoms with Crippen molar-refractivity contribution in [2.45, 2.75) is 0 Å².